The molecule has 2 heterocycles. The molecule has 3 heteroatoms. The molecular formula is C14H19NO2. The zero-order valence-electron chi connectivity index (χ0n) is 9.97. The van der Waals surface area contributed by atoms with E-state index < -0.39 is 0 Å². The van der Waals surface area contributed by atoms with Crippen LogP contribution in [0, 0.1) is 0 Å². The lowest BCUT2D eigenvalue weighted by atomic mass is 10.0. The quantitative estimate of drug-likeness (QED) is 0.849. The Morgan fingerprint density at radius 1 is 1.12 bits per heavy atom. The molecule has 0 amide bonds. The molecule has 0 bridgehead atoms. The van der Waals surface area contributed by atoms with Crippen molar-refractivity contribution in [3.8, 4) is 0 Å². The molecule has 1 aromatic carbocycles. The lowest BCUT2D eigenvalue weighted by Gasteiger charge is -2.27. The molecule has 2 fully saturated rings. The van der Waals surface area contributed by atoms with E-state index in [9.17, 15) is 0 Å². The minimum atomic E-state index is -0.176. The van der Waals surface area contributed by atoms with Gasteiger partial charge in [0.25, 0.3) is 0 Å². The Kier molecular flexibility index (Phi) is 3.41. The molecular weight excluding hydrogens is 214 g/mol. The van der Waals surface area contributed by atoms with Gasteiger partial charge in [0.15, 0.2) is 6.29 Å². The van der Waals surface area contributed by atoms with Crippen molar-refractivity contribution >= 4 is 0 Å². The molecule has 0 aromatic heterocycles. The van der Waals surface area contributed by atoms with Crippen LogP contribution in [-0.2, 0) is 9.47 Å². The molecule has 0 unspecified atom stereocenters. The fraction of sp³-hybridized carbons (Fsp3) is 0.571. The van der Waals surface area contributed by atoms with Gasteiger partial charge in [0, 0.05) is 11.6 Å². The highest BCUT2D eigenvalue weighted by atomic mass is 16.7. The average Bonchev–Trinajstić information content (AvgIpc) is 2.90. The molecule has 2 aliphatic heterocycles. The fourth-order valence-corrected chi connectivity index (χ4v) is 2.61. The number of hydrogen-bond acceptors (Lipinski definition) is 3. The molecule has 1 aromatic rings. The van der Waals surface area contributed by atoms with Crippen molar-refractivity contribution in [2.45, 2.75) is 37.7 Å². The maximum Gasteiger partial charge on any atom is 0.184 e. The Hall–Kier alpha value is -0.900. The van der Waals surface area contributed by atoms with Crippen molar-refractivity contribution in [2.75, 3.05) is 13.2 Å². The third kappa shape index (κ3) is 2.51. The highest BCUT2D eigenvalue weighted by Gasteiger charge is 2.33. The maximum atomic E-state index is 6.00. The van der Waals surface area contributed by atoms with Gasteiger partial charge in [0.1, 0.15) is 0 Å². The molecule has 0 saturated carbocycles. The van der Waals surface area contributed by atoms with Crippen molar-refractivity contribution in [1.82, 2.24) is 5.32 Å². The maximum absolute atomic E-state index is 6.00. The standard InChI is InChI=1S/C14H19NO2/c1-2-6-11(7-3-1)14-16-10-13(17-14)12-8-4-5-9-15-12/h1-3,6-7,12-15H,4-5,8-10H2/t12-,13-,14+/m0/s1. The van der Waals surface area contributed by atoms with Gasteiger partial charge in [-0.2, -0.15) is 0 Å². The number of rotatable bonds is 2. The summed E-state index contributed by atoms with van der Waals surface area (Å²) in [6, 6.07) is 10.6. The summed E-state index contributed by atoms with van der Waals surface area (Å²) in [4.78, 5) is 0. The van der Waals surface area contributed by atoms with E-state index in [2.05, 4.69) is 17.4 Å². The average molecular weight is 233 g/mol. The lowest BCUT2D eigenvalue weighted by molar-refractivity contribution is -0.0668. The van der Waals surface area contributed by atoms with E-state index in [0.29, 0.717) is 12.6 Å². The minimum Gasteiger partial charge on any atom is -0.346 e. The monoisotopic (exact) mass is 233 g/mol. The minimum absolute atomic E-state index is 0.176. The molecule has 3 nitrogen and oxygen atoms in total. The van der Waals surface area contributed by atoms with Crippen LogP contribution < -0.4 is 5.32 Å². The summed E-state index contributed by atoms with van der Waals surface area (Å²) in [5, 5.41) is 3.53. The number of benzene rings is 1. The van der Waals surface area contributed by atoms with E-state index >= 15 is 0 Å². The van der Waals surface area contributed by atoms with E-state index in [4.69, 9.17) is 9.47 Å². The van der Waals surface area contributed by atoms with Crippen LogP contribution in [0.2, 0.25) is 0 Å². The summed E-state index contributed by atoms with van der Waals surface area (Å²) >= 11 is 0. The van der Waals surface area contributed by atoms with Crippen molar-refractivity contribution < 1.29 is 9.47 Å². The number of hydrogen-bond donors (Lipinski definition) is 1. The van der Waals surface area contributed by atoms with Gasteiger partial charge in [0.2, 0.25) is 0 Å². The summed E-state index contributed by atoms with van der Waals surface area (Å²) in [5.41, 5.74) is 1.12. The second kappa shape index (κ2) is 5.17. The molecule has 92 valence electrons. The Bertz CT molecular complexity index is 348. The van der Waals surface area contributed by atoms with Crippen LogP contribution in [0.25, 0.3) is 0 Å². The first-order valence-electron chi connectivity index (χ1n) is 6.49. The lowest BCUT2D eigenvalue weighted by Crippen LogP contribution is -2.44. The first-order valence-corrected chi connectivity index (χ1v) is 6.49. The van der Waals surface area contributed by atoms with Gasteiger partial charge >= 0.3 is 0 Å². The van der Waals surface area contributed by atoms with Gasteiger partial charge in [-0.05, 0) is 19.4 Å². The van der Waals surface area contributed by atoms with E-state index in [1.54, 1.807) is 0 Å². The SMILES string of the molecule is c1ccc([C@@H]2OC[C@@H]([C@@H]3CCCCN3)O2)cc1. The van der Waals surface area contributed by atoms with Crippen molar-refractivity contribution in [3.63, 3.8) is 0 Å². The molecule has 17 heavy (non-hydrogen) atoms. The van der Waals surface area contributed by atoms with Crippen LogP contribution in [0.3, 0.4) is 0 Å². The molecule has 2 aliphatic rings. The molecule has 3 rings (SSSR count). The second-order valence-electron chi connectivity index (χ2n) is 4.81. The first kappa shape index (κ1) is 11.2. The summed E-state index contributed by atoms with van der Waals surface area (Å²) in [5.74, 6) is 0. The Balaban J connectivity index is 1.61. The topological polar surface area (TPSA) is 30.5 Å². The third-order valence-corrected chi connectivity index (χ3v) is 3.58. The smallest absolute Gasteiger partial charge is 0.184 e. The van der Waals surface area contributed by atoms with Crippen LogP contribution in [0.4, 0.5) is 0 Å². The highest BCUT2D eigenvalue weighted by Crippen LogP contribution is 2.29. The van der Waals surface area contributed by atoms with Gasteiger partial charge in [-0.1, -0.05) is 36.8 Å². The summed E-state index contributed by atoms with van der Waals surface area (Å²) in [6.07, 6.45) is 3.82. The summed E-state index contributed by atoms with van der Waals surface area (Å²) in [7, 11) is 0. The van der Waals surface area contributed by atoms with E-state index in [-0.39, 0.29) is 12.4 Å². The summed E-state index contributed by atoms with van der Waals surface area (Å²) in [6.45, 7) is 1.82. The summed E-state index contributed by atoms with van der Waals surface area (Å²) < 4.78 is 11.7. The zero-order chi connectivity index (χ0) is 11.5. The van der Waals surface area contributed by atoms with Crippen LogP contribution in [-0.4, -0.2) is 25.3 Å². The first-order chi connectivity index (χ1) is 8.43. The predicted octanol–water partition coefficient (Wildman–Crippen LogP) is 2.24. The van der Waals surface area contributed by atoms with Gasteiger partial charge in [-0.15, -0.1) is 0 Å². The van der Waals surface area contributed by atoms with Gasteiger partial charge in [-0.3, -0.25) is 0 Å². The molecule has 0 spiro atoms. The predicted molar refractivity (Wildman–Crippen MR) is 65.6 cm³/mol. The number of ether oxygens (including phenoxy) is 2. The van der Waals surface area contributed by atoms with Crippen LogP contribution in [0.15, 0.2) is 30.3 Å². The fourth-order valence-electron chi connectivity index (χ4n) is 2.61. The Labute approximate surface area is 102 Å². The van der Waals surface area contributed by atoms with Crippen LogP contribution >= 0.6 is 0 Å². The van der Waals surface area contributed by atoms with Gasteiger partial charge in [-0.25, -0.2) is 0 Å². The van der Waals surface area contributed by atoms with Gasteiger partial charge < -0.3 is 14.8 Å². The van der Waals surface area contributed by atoms with Crippen molar-refractivity contribution in [3.05, 3.63) is 35.9 Å². The molecule has 3 atom stereocenters. The van der Waals surface area contributed by atoms with Crippen molar-refractivity contribution in [1.29, 1.82) is 0 Å². The molecule has 0 radical (unpaired) electrons. The Morgan fingerprint density at radius 2 is 2.00 bits per heavy atom. The van der Waals surface area contributed by atoms with Crippen LogP contribution in [0.1, 0.15) is 31.1 Å². The van der Waals surface area contributed by atoms with E-state index in [1.165, 1.54) is 19.3 Å². The Morgan fingerprint density at radius 3 is 2.76 bits per heavy atom. The molecule has 0 aliphatic carbocycles. The molecule has 2 saturated heterocycles. The number of nitrogens with one attached hydrogen (secondary N) is 1. The normalized spacial score (nSPS) is 33.8. The van der Waals surface area contributed by atoms with E-state index in [0.717, 1.165) is 12.1 Å². The van der Waals surface area contributed by atoms with Gasteiger partial charge in [0.05, 0.1) is 12.7 Å². The van der Waals surface area contributed by atoms with E-state index in [1.807, 2.05) is 18.2 Å². The highest BCUT2D eigenvalue weighted by molar-refractivity contribution is 5.16. The van der Waals surface area contributed by atoms with Crippen molar-refractivity contribution in [2.24, 2.45) is 0 Å². The molecule has 1 N–H and O–H groups in total. The van der Waals surface area contributed by atoms with Crippen LogP contribution in [0.5, 0.6) is 0 Å². The third-order valence-electron chi connectivity index (χ3n) is 3.58. The second-order valence-corrected chi connectivity index (χ2v) is 4.81. The largest absolute Gasteiger partial charge is 0.346 e. The zero-order valence-corrected chi connectivity index (χ0v) is 9.97. The number of piperidine rings is 1.